The van der Waals surface area contributed by atoms with Gasteiger partial charge in [0, 0.05) is 4.90 Å². The second-order valence-electron chi connectivity index (χ2n) is 6.13. The monoisotopic (exact) mass is 327 g/mol. The zero-order chi connectivity index (χ0) is 16.4. The lowest BCUT2D eigenvalue weighted by Crippen LogP contribution is -2.13. The van der Waals surface area contributed by atoms with Gasteiger partial charge in [-0.1, -0.05) is 43.7 Å². The average molecular weight is 327 g/mol. The molecule has 1 aliphatic rings. The van der Waals surface area contributed by atoms with Crippen molar-refractivity contribution in [2.45, 2.75) is 36.6 Å². The zero-order valence-electron chi connectivity index (χ0n) is 13.7. The van der Waals surface area contributed by atoms with Crippen LogP contribution in [0.4, 0.5) is 0 Å². The van der Waals surface area contributed by atoms with E-state index in [4.69, 9.17) is 4.74 Å². The van der Waals surface area contributed by atoms with Gasteiger partial charge in [-0.05, 0) is 37.1 Å². The van der Waals surface area contributed by atoms with Crippen LogP contribution in [0, 0.1) is 12.8 Å². The predicted octanol–water partition coefficient (Wildman–Crippen LogP) is 3.96. The van der Waals surface area contributed by atoms with Gasteiger partial charge in [-0.15, -0.1) is 0 Å². The van der Waals surface area contributed by atoms with E-state index in [0.717, 1.165) is 20.9 Å². The summed E-state index contributed by atoms with van der Waals surface area (Å²) in [5.41, 5.74) is 1.98. The molecule has 3 rings (SSSR count). The molecule has 1 aliphatic heterocycles. The van der Waals surface area contributed by atoms with Gasteiger partial charge >= 0.3 is 0 Å². The Kier molecular flexibility index (Phi) is 4.62. The van der Waals surface area contributed by atoms with Gasteiger partial charge in [-0.3, -0.25) is 0 Å². The Morgan fingerprint density at radius 1 is 1.13 bits per heavy atom. The van der Waals surface area contributed by atoms with Crippen LogP contribution in [0.5, 0.6) is 0 Å². The second kappa shape index (κ2) is 6.67. The number of rotatable bonds is 4. The molecule has 0 bridgehead atoms. The highest BCUT2D eigenvalue weighted by molar-refractivity contribution is 7.85. The first-order valence-electron chi connectivity index (χ1n) is 7.84. The third-order valence-corrected chi connectivity index (χ3v) is 5.45. The molecule has 0 unspecified atom stereocenters. The topological polar surface area (TPSA) is 38.7 Å². The average Bonchev–Trinajstić information content (AvgIpc) is 3.05. The molecule has 0 spiro atoms. The summed E-state index contributed by atoms with van der Waals surface area (Å²) in [6.45, 7) is 6.89. The van der Waals surface area contributed by atoms with E-state index < -0.39 is 10.8 Å². The van der Waals surface area contributed by atoms with Gasteiger partial charge in [0.1, 0.15) is 6.61 Å². The summed E-state index contributed by atoms with van der Waals surface area (Å²) in [5.74, 6) is 1.04. The molecule has 2 aromatic carbocycles. The van der Waals surface area contributed by atoms with Gasteiger partial charge in [0.2, 0.25) is 5.90 Å². The van der Waals surface area contributed by atoms with Crippen LogP contribution in [0.3, 0.4) is 0 Å². The Balaban J connectivity index is 1.97. The van der Waals surface area contributed by atoms with Gasteiger partial charge in [-0.25, -0.2) is 9.20 Å². The van der Waals surface area contributed by atoms with Crippen LogP contribution < -0.4 is 0 Å². The van der Waals surface area contributed by atoms with Gasteiger partial charge in [0.05, 0.1) is 27.3 Å². The fraction of sp³-hybridized carbons (Fsp3) is 0.316. The maximum atomic E-state index is 13.0. The summed E-state index contributed by atoms with van der Waals surface area (Å²) in [7, 11) is -1.25. The molecular weight excluding hydrogens is 306 g/mol. The Morgan fingerprint density at radius 2 is 1.83 bits per heavy atom. The maximum Gasteiger partial charge on any atom is 0.217 e. The highest BCUT2D eigenvalue weighted by atomic mass is 32.2. The molecule has 0 fully saturated rings. The molecule has 4 heteroatoms. The third-order valence-electron chi connectivity index (χ3n) is 4.00. The zero-order valence-corrected chi connectivity index (χ0v) is 14.5. The van der Waals surface area contributed by atoms with Crippen molar-refractivity contribution in [1.29, 1.82) is 0 Å². The van der Waals surface area contributed by atoms with Gasteiger partial charge in [-0.2, -0.15) is 0 Å². The molecule has 120 valence electrons. The van der Waals surface area contributed by atoms with Crippen LogP contribution in [0.25, 0.3) is 0 Å². The lowest BCUT2D eigenvalue weighted by Gasteiger charge is -2.09. The number of hydrogen-bond donors (Lipinski definition) is 0. The molecule has 1 heterocycles. The minimum Gasteiger partial charge on any atom is -0.475 e. The van der Waals surface area contributed by atoms with E-state index in [1.165, 1.54) is 0 Å². The van der Waals surface area contributed by atoms with Gasteiger partial charge in [0.25, 0.3) is 0 Å². The smallest absolute Gasteiger partial charge is 0.217 e. The van der Waals surface area contributed by atoms with Crippen molar-refractivity contribution in [1.82, 2.24) is 0 Å². The number of hydrogen-bond acceptors (Lipinski definition) is 3. The summed E-state index contributed by atoms with van der Waals surface area (Å²) < 4.78 is 18.7. The van der Waals surface area contributed by atoms with Crippen LogP contribution in [0.1, 0.15) is 25.0 Å². The number of nitrogens with zero attached hydrogens (tertiary/aromatic N) is 1. The van der Waals surface area contributed by atoms with E-state index in [9.17, 15) is 4.21 Å². The van der Waals surface area contributed by atoms with Crippen LogP contribution in [0.2, 0.25) is 0 Å². The lowest BCUT2D eigenvalue weighted by molar-refractivity contribution is 0.291. The Labute approximate surface area is 139 Å². The number of benzene rings is 2. The number of aliphatic imine (C=N–C) groups is 1. The summed E-state index contributed by atoms with van der Waals surface area (Å²) >= 11 is 0. The molecule has 2 atom stereocenters. The van der Waals surface area contributed by atoms with E-state index >= 15 is 0 Å². The van der Waals surface area contributed by atoms with E-state index in [1.54, 1.807) is 0 Å². The lowest BCUT2D eigenvalue weighted by atomic mass is 10.1. The normalized spacial score (nSPS) is 18.6. The third kappa shape index (κ3) is 3.37. The van der Waals surface area contributed by atoms with Crippen LogP contribution >= 0.6 is 0 Å². The molecule has 0 amide bonds. The van der Waals surface area contributed by atoms with Gasteiger partial charge in [0.15, 0.2) is 0 Å². The molecule has 0 aliphatic carbocycles. The van der Waals surface area contributed by atoms with Crippen molar-refractivity contribution < 1.29 is 8.95 Å². The molecule has 0 aromatic heterocycles. The first kappa shape index (κ1) is 15.9. The van der Waals surface area contributed by atoms with Crippen molar-refractivity contribution in [3.63, 3.8) is 0 Å². The van der Waals surface area contributed by atoms with Gasteiger partial charge < -0.3 is 4.74 Å². The fourth-order valence-electron chi connectivity index (χ4n) is 2.47. The van der Waals surface area contributed by atoms with E-state index in [1.807, 2.05) is 55.5 Å². The molecule has 0 saturated heterocycles. The molecular formula is C19H21NO2S. The Hall–Kier alpha value is -1.94. The summed E-state index contributed by atoms with van der Waals surface area (Å²) in [6, 6.07) is 15.6. The minimum atomic E-state index is -1.25. The van der Waals surface area contributed by atoms with Crippen LogP contribution in [-0.4, -0.2) is 22.8 Å². The summed E-state index contributed by atoms with van der Waals surface area (Å²) in [6.07, 6.45) is 0. The van der Waals surface area contributed by atoms with E-state index in [2.05, 4.69) is 18.8 Å². The minimum absolute atomic E-state index is 0.172. The molecule has 2 aromatic rings. The first-order valence-corrected chi connectivity index (χ1v) is 8.99. The van der Waals surface area contributed by atoms with E-state index in [-0.39, 0.29) is 6.04 Å². The second-order valence-corrected chi connectivity index (χ2v) is 7.58. The molecule has 23 heavy (non-hydrogen) atoms. The first-order chi connectivity index (χ1) is 11.1. The van der Waals surface area contributed by atoms with Crippen molar-refractivity contribution in [2.75, 3.05) is 6.61 Å². The number of aryl methyl sites for hydroxylation is 1. The fourth-order valence-corrected chi connectivity index (χ4v) is 3.67. The van der Waals surface area contributed by atoms with Crippen molar-refractivity contribution in [3.05, 3.63) is 59.7 Å². The molecule has 3 nitrogen and oxygen atoms in total. The van der Waals surface area contributed by atoms with Crippen molar-refractivity contribution in [2.24, 2.45) is 10.9 Å². The van der Waals surface area contributed by atoms with Crippen LogP contribution in [0.15, 0.2) is 63.3 Å². The van der Waals surface area contributed by atoms with Crippen LogP contribution in [-0.2, 0) is 15.5 Å². The summed E-state index contributed by atoms with van der Waals surface area (Å²) in [5, 5.41) is 0. The molecule has 0 radical (unpaired) electrons. The standard InChI is InChI=1S/C19H21NO2S/c1-13(2)17-12-22-19(20-17)16-6-4-5-7-18(16)23(21)15-10-8-14(3)9-11-15/h4-11,13,17H,12H2,1-3H3/t17-,23-/m0/s1. The maximum absolute atomic E-state index is 13.0. The predicted molar refractivity (Wildman–Crippen MR) is 93.4 cm³/mol. The van der Waals surface area contributed by atoms with Crippen molar-refractivity contribution >= 4 is 16.7 Å². The SMILES string of the molecule is Cc1ccc([S@](=O)c2ccccc2C2=N[C@H](C(C)C)CO2)cc1. The largest absolute Gasteiger partial charge is 0.475 e. The number of ether oxygens (including phenoxy) is 1. The highest BCUT2D eigenvalue weighted by Gasteiger charge is 2.25. The van der Waals surface area contributed by atoms with E-state index in [0.29, 0.717) is 18.4 Å². The Bertz CT molecular complexity index is 750. The molecule has 0 saturated carbocycles. The van der Waals surface area contributed by atoms with Crippen molar-refractivity contribution in [3.8, 4) is 0 Å². The highest BCUT2D eigenvalue weighted by Crippen LogP contribution is 2.25. The molecule has 0 N–H and O–H groups in total. The summed E-state index contributed by atoms with van der Waals surface area (Å²) in [4.78, 5) is 6.21. The quantitative estimate of drug-likeness (QED) is 0.852. The Morgan fingerprint density at radius 3 is 2.48 bits per heavy atom.